The minimum Gasteiger partial charge on any atom is -0.466 e. The van der Waals surface area contributed by atoms with E-state index in [0.717, 1.165) is 0 Å². The maximum Gasteiger partial charge on any atom is 0.330 e. The molecule has 0 saturated carbocycles. The molecule has 0 aromatic heterocycles. The van der Waals surface area contributed by atoms with Crippen LogP contribution < -0.4 is 0 Å². The second-order valence-electron chi connectivity index (χ2n) is 5.87. The standard InChI is InChI=1S/C16H22O4/c1-11(8-14(18)20-5)6-7-16(19)12(2)9-13(17)10-15(16,3)4/h6-9,19H,10H2,1-5H3/b7-6+,11-8-/t16-/m1/s1. The predicted molar refractivity (Wildman–Crippen MR) is 77.0 cm³/mol. The summed E-state index contributed by atoms with van der Waals surface area (Å²) in [7, 11) is 1.31. The van der Waals surface area contributed by atoms with Crippen LogP contribution in [0.15, 0.2) is 35.5 Å². The number of carbonyl (C=O) groups excluding carboxylic acids is 2. The Kier molecular flexibility index (Phi) is 4.71. The zero-order valence-electron chi connectivity index (χ0n) is 12.7. The summed E-state index contributed by atoms with van der Waals surface area (Å²) in [6, 6.07) is 0. The second-order valence-corrected chi connectivity index (χ2v) is 5.87. The zero-order valence-corrected chi connectivity index (χ0v) is 12.7. The first-order valence-electron chi connectivity index (χ1n) is 6.52. The van der Waals surface area contributed by atoms with Gasteiger partial charge in [0.05, 0.1) is 7.11 Å². The van der Waals surface area contributed by atoms with Crippen molar-refractivity contribution in [1.82, 2.24) is 0 Å². The van der Waals surface area contributed by atoms with Crippen molar-refractivity contribution in [3.05, 3.63) is 35.5 Å². The van der Waals surface area contributed by atoms with Gasteiger partial charge >= 0.3 is 5.97 Å². The summed E-state index contributed by atoms with van der Waals surface area (Å²) in [4.78, 5) is 22.8. The van der Waals surface area contributed by atoms with Gasteiger partial charge in [0, 0.05) is 17.9 Å². The van der Waals surface area contributed by atoms with Gasteiger partial charge in [-0.1, -0.05) is 19.9 Å². The molecule has 4 nitrogen and oxygen atoms in total. The minimum atomic E-state index is -1.20. The van der Waals surface area contributed by atoms with Crippen molar-refractivity contribution >= 4 is 11.8 Å². The van der Waals surface area contributed by atoms with Gasteiger partial charge in [0.15, 0.2) is 5.78 Å². The smallest absolute Gasteiger partial charge is 0.330 e. The Labute approximate surface area is 119 Å². The lowest BCUT2D eigenvalue weighted by atomic mass is 9.64. The molecule has 0 saturated heterocycles. The molecular weight excluding hydrogens is 256 g/mol. The third-order valence-corrected chi connectivity index (χ3v) is 3.76. The van der Waals surface area contributed by atoms with E-state index in [0.29, 0.717) is 11.1 Å². The van der Waals surface area contributed by atoms with Gasteiger partial charge in [-0.25, -0.2) is 4.79 Å². The van der Waals surface area contributed by atoms with Crippen LogP contribution in [0, 0.1) is 5.41 Å². The third-order valence-electron chi connectivity index (χ3n) is 3.76. The molecule has 0 aliphatic heterocycles. The molecule has 0 heterocycles. The van der Waals surface area contributed by atoms with Crippen LogP contribution in [-0.4, -0.2) is 29.6 Å². The topological polar surface area (TPSA) is 63.6 Å². The van der Waals surface area contributed by atoms with E-state index >= 15 is 0 Å². The van der Waals surface area contributed by atoms with Gasteiger partial charge in [-0.05, 0) is 37.1 Å². The van der Waals surface area contributed by atoms with E-state index in [1.807, 2.05) is 13.8 Å². The van der Waals surface area contributed by atoms with Crippen molar-refractivity contribution in [3.8, 4) is 0 Å². The molecule has 0 bridgehead atoms. The lowest BCUT2D eigenvalue weighted by molar-refractivity contribution is -0.134. The lowest BCUT2D eigenvalue weighted by Crippen LogP contribution is -2.48. The number of esters is 1. The molecular formula is C16H22O4. The monoisotopic (exact) mass is 278 g/mol. The van der Waals surface area contributed by atoms with Crippen LogP contribution in [0.1, 0.15) is 34.1 Å². The highest BCUT2D eigenvalue weighted by Gasteiger charge is 2.46. The fraction of sp³-hybridized carbons (Fsp3) is 0.500. The van der Waals surface area contributed by atoms with Crippen LogP contribution in [0.5, 0.6) is 0 Å². The van der Waals surface area contributed by atoms with Crippen LogP contribution in [0.3, 0.4) is 0 Å². The molecule has 0 unspecified atom stereocenters. The van der Waals surface area contributed by atoms with Gasteiger partial charge in [0.2, 0.25) is 0 Å². The molecule has 1 rings (SSSR count). The normalized spacial score (nSPS) is 26.6. The Morgan fingerprint density at radius 2 is 2.05 bits per heavy atom. The minimum absolute atomic E-state index is 0.0207. The van der Waals surface area contributed by atoms with Gasteiger partial charge < -0.3 is 9.84 Å². The number of ketones is 1. The van der Waals surface area contributed by atoms with Crippen LogP contribution in [0.25, 0.3) is 0 Å². The van der Waals surface area contributed by atoms with Crippen LogP contribution in [0.2, 0.25) is 0 Å². The van der Waals surface area contributed by atoms with Gasteiger partial charge in [-0.3, -0.25) is 4.79 Å². The maximum absolute atomic E-state index is 11.6. The number of allylic oxidation sites excluding steroid dienone is 3. The van der Waals surface area contributed by atoms with Crippen molar-refractivity contribution in [2.75, 3.05) is 7.11 Å². The fourth-order valence-electron chi connectivity index (χ4n) is 2.41. The van der Waals surface area contributed by atoms with E-state index in [1.54, 1.807) is 26.0 Å². The summed E-state index contributed by atoms with van der Waals surface area (Å²) in [5, 5.41) is 10.9. The Bertz CT molecular complexity index is 509. The molecule has 20 heavy (non-hydrogen) atoms. The Morgan fingerprint density at radius 1 is 1.45 bits per heavy atom. The van der Waals surface area contributed by atoms with E-state index in [4.69, 9.17) is 0 Å². The Morgan fingerprint density at radius 3 is 2.55 bits per heavy atom. The number of methoxy groups -OCH3 is 1. The first-order chi connectivity index (χ1) is 9.12. The second kappa shape index (κ2) is 5.75. The van der Waals surface area contributed by atoms with E-state index in [1.165, 1.54) is 19.3 Å². The van der Waals surface area contributed by atoms with Crippen molar-refractivity contribution in [1.29, 1.82) is 0 Å². The fourth-order valence-corrected chi connectivity index (χ4v) is 2.41. The molecule has 0 amide bonds. The SMILES string of the molecule is COC(=O)/C=C(C)\C=C\[C@@]1(O)C(C)=CC(=O)CC1(C)C. The highest BCUT2D eigenvalue weighted by molar-refractivity contribution is 5.92. The number of ether oxygens (including phenoxy) is 1. The van der Waals surface area contributed by atoms with E-state index in [9.17, 15) is 14.7 Å². The summed E-state index contributed by atoms with van der Waals surface area (Å²) in [5.41, 5.74) is -0.511. The number of aliphatic hydroxyl groups is 1. The number of hydrogen-bond acceptors (Lipinski definition) is 4. The van der Waals surface area contributed by atoms with Crippen LogP contribution >= 0.6 is 0 Å². The average Bonchev–Trinajstić information content (AvgIpc) is 2.32. The largest absolute Gasteiger partial charge is 0.466 e. The maximum atomic E-state index is 11.6. The number of hydrogen-bond donors (Lipinski definition) is 1. The third kappa shape index (κ3) is 3.25. The van der Waals surface area contributed by atoms with E-state index < -0.39 is 17.0 Å². The van der Waals surface area contributed by atoms with Gasteiger partial charge in [-0.2, -0.15) is 0 Å². The molecule has 110 valence electrons. The van der Waals surface area contributed by atoms with E-state index in [2.05, 4.69) is 4.74 Å². The molecule has 0 radical (unpaired) electrons. The number of carbonyl (C=O) groups is 2. The zero-order chi connectivity index (χ0) is 15.6. The van der Waals surface area contributed by atoms with Crippen LogP contribution in [-0.2, 0) is 14.3 Å². The summed E-state index contributed by atoms with van der Waals surface area (Å²) in [5.74, 6) is -0.420. The summed E-state index contributed by atoms with van der Waals surface area (Å²) in [6.07, 6.45) is 6.42. The molecule has 1 N–H and O–H groups in total. The van der Waals surface area contributed by atoms with E-state index in [-0.39, 0.29) is 12.2 Å². The molecule has 0 aromatic carbocycles. The molecule has 1 aliphatic carbocycles. The predicted octanol–water partition coefficient (Wildman–Crippen LogP) is 2.34. The van der Waals surface area contributed by atoms with Crippen LogP contribution in [0.4, 0.5) is 0 Å². The Hall–Kier alpha value is -1.68. The molecule has 0 aromatic rings. The average molecular weight is 278 g/mol. The molecule has 1 atom stereocenters. The van der Waals surface area contributed by atoms with Crippen molar-refractivity contribution in [2.24, 2.45) is 5.41 Å². The first-order valence-corrected chi connectivity index (χ1v) is 6.52. The molecule has 4 heteroatoms. The van der Waals surface area contributed by atoms with Crippen molar-refractivity contribution in [3.63, 3.8) is 0 Å². The highest BCUT2D eigenvalue weighted by atomic mass is 16.5. The Balaban J connectivity index is 3.10. The van der Waals surface area contributed by atoms with Gasteiger partial charge in [0.1, 0.15) is 5.60 Å². The van der Waals surface area contributed by atoms with Gasteiger partial charge in [0.25, 0.3) is 0 Å². The molecule has 0 spiro atoms. The highest BCUT2D eigenvalue weighted by Crippen LogP contribution is 2.44. The quantitative estimate of drug-likeness (QED) is 0.489. The first kappa shape index (κ1) is 16.4. The summed E-state index contributed by atoms with van der Waals surface area (Å²) in [6.45, 7) is 7.19. The van der Waals surface area contributed by atoms with Gasteiger partial charge in [-0.15, -0.1) is 0 Å². The molecule has 0 fully saturated rings. The van der Waals surface area contributed by atoms with Crippen molar-refractivity contribution < 1.29 is 19.4 Å². The lowest BCUT2D eigenvalue weighted by Gasteiger charge is -2.43. The summed E-state index contributed by atoms with van der Waals surface area (Å²) >= 11 is 0. The van der Waals surface area contributed by atoms with Crippen molar-refractivity contribution in [2.45, 2.75) is 39.7 Å². The molecule has 1 aliphatic rings. The number of rotatable bonds is 3. The summed E-state index contributed by atoms with van der Waals surface area (Å²) < 4.78 is 4.55.